The highest BCUT2D eigenvalue weighted by atomic mass is 35.5. The lowest BCUT2D eigenvalue weighted by Gasteiger charge is -2.11. The van der Waals surface area contributed by atoms with Gasteiger partial charge in [-0.05, 0) is 48.5 Å². The van der Waals surface area contributed by atoms with Gasteiger partial charge in [0.25, 0.3) is 0 Å². The predicted molar refractivity (Wildman–Crippen MR) is 100 cm³/mol. The second-order valence-electron chi connectivity index (χ2n) is 5.89. The van der Waals surface area contributed by atoms with E-state index in [0.717, 1.165) is 4.68 Å². The molecule has 0 amide bonds. The standard InChI is InChI=1S/C19H13Cl2F3N2O3/c1-26-17(29-14-8-6-13(21)7-9-14)15(16(25-26)19(22,23)24)10-28-18(27)11-2-4-12(20)5-3-11/h2-9H,10H2,1H3. The first-order valence-electron chi connectivity index (χ1n) is 8.14. The van der Waals surface area contributed by atoms with Gasteiger partial charge in [-0.25, -0.2) is 9.48 Å². The SMILES string of the molecule is Cn1nc(C(F)(F)F)c(COC(=O)c2ccc(Cl)cc2)c1Oc1ccc(Cl)cc1. The first-order valence-corrected chi connectivity index (χ1v) is 8.90. The summed E-state index contributed by atoms with van der Waals surface area (Å²) in [6.45, 7) is -0.687. The summed E-state index contributed by atoms with van der Waals surface area (Å²) in [4.78, 5) is 12.2. The van der Waals surface area contributed by atoms with Gasteiger partial charge in [-0.15, -0.1) is 0 Å². The van der Waals surface area contributed by atoms with E-state index < -0.39 is 30.0 Å². The highest BCUT2D eigenvalue weighted by Crippen LogP contribution is 2.37. The Hall–Kier alpha value is -2.71. The van der Waals surface area contributed by atoms with E-state index in [1.165, 1.54) is 55.6 Å². The number of alkyl halides is 3. The number of carbonyl (C=O) groups excluding carboxylic acids is 1. The molecule has 0 saturated heterocycles. The summed E-state index contributed by atoms with van der Waals surface area (Å²) < 4.78 is 51.8. The molecule has 10 heteroatoms. The molecule has 0 radical (unpaired) electrons. The zero-order valence-corrected chi connectivity index (χ0v) is 16.3. The van der Waals surface area contributed by atoms with E-state index in [1.54, 1.807) is 0 Å². The number of rotatable bonds is 5. The number of aryl methyl sites for hydroxylation is 1. The lowest BCUT2D eigenvalue weighted by Crippen LogP contribution is -2.12. The molecule has 1 aromatic heterocycles. The number of halogens is 5. The third-order valence-electron chi connectivity index (χ3n) is 3.81. The average molecular weight is 445 g/mol. The Morgan fingerprint density at radius 3 is 2.14 bits per heavy atom. The minimum absolute atomic E-state index is 0.145. The summed E-state index contributed by atoms with van der Waals surface area (Å²) in [5, 5.41) is 4.34. The first-order chi connectivity index (χ1) is 13.6. The van der Waals surface area contributed by atoms with Gasteiger partial charge >= 0.3 is 12.1 Å². The second kappa shape index (κ2) is 8.34. The molecule has 0 unspecified atom stereocenters. The van der Waals surface area contributed by atoms with Crippen molar-refractivity contribution < 1.29 is 27.4 Å². The number of aromatic nitrogens is 2. The molecule has 0 atom stereocenters. The molecule has 0 fully saturated rings. The maximum absolute atomic E-state index is 13.4. The van der Waals surface area contributed by atoms with E-state index in [0.29, 0.717) is 10.0 Å². The monoisotopic (exact) mass is 444 g/mol. The minimum Gasteiger partial charge on any atom is -0.457 e. The van der Waals surface area contributed by atoms with Crippen molar-refractivity contribution in [3.63, 3.8) is 0 Å². The number of hydrogen-bond acceptors (Lipinski definition) is 4. The third-order valence-corrected chi connectivity index (χ3v) is 4.32. The maximum Gasteiger partial charge on any atom is 0.435 e. The van der Waals surface area contributed by atoms with E-state index in [2.05, 4.69) is 5.10 Å². The Morgan fingerprint density at radius 1 is 1.03 bits per heavy atom. The molecule has 0 bridgehead atoms. The molecule has 0 N–H and O–H groups in total. The van der Waals surface area contributed by atoms with Crippen LogP contribution in [-0.4, -0.2) is 15.7 Å². The highest BCUT2D eigenvalue weighted by molar-refractivity contribution is 6.30. The Labute approximate surface area is 173 Å². The van der Waals surface area contributed by atoms with E-state index in [-0.39, 0.29) is 17.2 Å². The zero-order chi connectivity index (χ0) is 21.2. The lowest BCUT2D eigenvalue weighted by molar-refractivity contribution is -0.142. The molecule has 5 nitrogen and oxygen atoms in total. The maximum atomic E-state index is 13.4. The average Bonchev–Trinajstić information content (AvgIpc) is 2.98. The van der Waals surface area contributed by atoms with Gasteiger partial charge in [0.2, 0.25) is 5.88 Å². The van der Waals surface area contributed by atoms with Gasteiger partial charge in [-0.3, -0.25) is 0 Å². The van der Waals surface area contributed by atoms with Gasteiger partial charge in [0.15, 0.2) is 5.69 Å². The summed E-state index contributed by atoms with van der Waals surface area (Å²) >= 11 is 11.6. The number of ether oxygens (including phenoxy) is 2. The van der Waals surface area contributed by atoms with Crippen molar-refractivity contribution in [3.8, 4) is 11.6 Å². The minimum atomic E-state index is -4.76. The molecule has 0 saturated carbocycles. The molecule has 29 heavy (non-hydrogen) atoms. The van der Waals surface area contributed by atoms with Crippen LogP contribution >= 0.6 is 23.2 Å². The van der Waals surface area contributed by atoms with E-state index in [9.17, 15) is 18.0 Å². The Morgan fingerprint density at radius 2 is 1.59 bits per heavy atom. The summed E-state index contributed by atoms with van der Waals surface area (Å²) in [5.74, 6) is -0.768. The van der Waals surface area contributed by atoms with Crippen molar-refractivity contribution in [2.24, 2.45) is 7.05 Å². The van der Waals surface area contributed by atoms with E-state index >= 15 is 0 Å². The first kappa shape index (κ1) is 21.0. The molecule has 152 valence electrons. The van der Waals surface area contributed by atoms with Crippen LogP contribution in [0.5, 0.6) is 11.6 Å². The Kier molecular flexibility index (Phi) is 6.04. The van der Waals surface area contributed by atoms with Crippen molar-refractivity contribution in [2.45, 2.75) is 12.8 Å². The van der Waals surface area contributed by atoms with Crippen LogP contribution < -0.4 is 4.74 Å². The van der Waals surface area contributed by atoms with Crippen molar-refractivity contribution in [1.82, 2.24) is 9.78 Å². The highest BCUT2D eigenvalue weighted by Gasteiger charge is 2.40. The number of esters is 1. The van der Waals surface area contributed by atoms with E-state index in [1.807, 2.05) is 0 Å². The fraction of sp³-hybridized carbons (Fsp3) is 0.158. The summed E-state index contributed by atoms with van der Waals surface area (Å²) in [6.07, 6.45) is -4.76. The van der Waals surface area contributed by atoms with Crippen LogP contribution in [-0.2, 0) is 24.6 Å². The Balaban J connectivity index is 1.89. The molecule has 0 aliphatic carbocycles. The molecule has 3 aromatic rings. The van der Waals surface area contributed by atoms with Crippen molar-refractivity contribution >= 4 is 29.2 Å². The van der Waals surface area contributed by atoms with Gasteiger partial charge in [0.1, 0.15) is 12.4 Å². The molecule has 2 aromatic carbocycles. The van der Waals surface area contributed by atoms with Crippen LogP contribution in [0.15, 0.2) is 48.5 Å². The fourth-order valence-corrected chi connectivity index (χ4v) is 2.71. The Bertz CT molecular complexity index is 1020. The summed E-state index contributed by atoms with van der Waals surface area (Å²) in [7, 11) is 1.30. The van der Waals surface area contributed by atoms with Crippen LogP contribution in [0, 0.1) is 0 Å². The van der Waals surface area contributed by atoms with Crippen LogP contribution in [0.2, 0.25) is 10.0 Å². The van der Waals surface area contributed by atoms with Crippen LogP contribution in [0.3, 0.4) is 0 Å². The third kappa shape index (κ3) is 5.02. The van der Waals surface area contributed by atoms with Gasteiger partial charge in [-0.2, -0.15) is 18.3 Å². The van der Waals surface area contributed by atoms with Crippen molar-refractivity contribution in [2.75, 3.05) is 0 Å². The smallest absolute Gasteiger partial charge is 0.435 e. The topological polar surface area (TPSA) is 53.4 Å². The van der Waals surface area contributed by atoms with Gasteiger partial charge in [0.05, 0.1) is 11.1 Å². The van der Waals surface area contributed by atoms with Gasteiger partial charge < -0.3 is 9.47 Å². The van der Waals surface area contributed by atoms with E-state index in [4.69, 9.17) is 32.7 Å². The second-order valence-corrected chi connectivity index (χ2v) is 6.77. The van der Waals surface area contributed by atoms with Crippen LogP contribution in [0.1, 0.15) is 21.6 Å². The number of nitrogens with zero attached hydrogens (tertiary/aromatic N) is 2. The van der Waals surface area contributed by atoms with Gasteiger partial charge in [-0.1, -0.05) is 23.2 Å². The largest absolute Gasteiger partial charge is 0.457 e. The lowest BCUT2D eigenvalue weighted by atomic mass is 10.2. The number of hydrogen-bond donors (Lipinski definition) is 0. The molecular weight excluding hydrogens is 432 g/mol. The number of carbonyl (C=O) groups is 1. The summed E-state index contributed by atoms with van der Waals surface area (Å²) in [6, 6.07) is 11.8. The van der Waals surface area contributed by atoms with Crippen molar-refractivity contribution in [3.05, 3.63) is 75.4 Å². The normalized spacial score (nSPS) is 11.4. The van der Waals surface area contributed by atoms with Gasteiger partial charge in [0, 0.05) is 17.1 Å². The molecule has 0 aliphatic rings. The molecule has 3 rings (SSSR count). The molecule has 0 aliphatic heterocycles. The zero-order valence-electron chi connectivity index (χ0n) is 14.8. The molecule has 1 heterocycles. The molecule has 0 spiro atoms. The van der Waals surface area contributed by atoms with Crippen LogP contribution in [0.25, 0.3) is 0 Å². The van der Waals surface area contributed by atoms with Crippen molar-refractivity contribution in [1.29, 1.82) is 0 Å². The fourth-order valence-electron chi connectivity index (χ4n) is 2.46. The number of benzene rings is 2. The molecular formula is C19H13Cl2F3N2O3. The summed E-state index contributed by atoms with van der Waals surface area (Å²) in [5.41, 5.74) is -1.46. The van der Waals surface area contributed by atoms with Crippen LogP contribution in [0.4, 0.5) is 13.2 Å². The predicted octanol–water partition coefficient (Wildman–Crippen LogP) is 5.90. The quantitative estimate of drug-likeness (QED) is 0.460.